The van der Waals surface area contributed by atoms with Crippen molar-refractivity contribution in [3.05, 3.63) is 116 Å². The van der Waals surface area contributed by atoms with Crippen LogP contribution in [0.25, 0.3) is 11.0 Å². The molecule has 0 saturated heterocycles. The van der Waals surface area contributed by atoms with Gasteiger partial charge in [0.05, 0.1) is 16.9 Å². The third-order valence-electron chi connectivity index (χ3n) is 5.51. The SMILES string of the molecule is N#CC1=C(N)Oc2c(c(=O)oc3ccccc23)C1c1ccccc1OCc1ccc(Cl)cc1. The van der Waals surface area contributed by atoms with Crippen LogP contribution in [-0.4, -0.2) is 0 Å². The van der Waals surface area contributed by atoms with Crippen LogP contribution in [0.1, 0.15) is 22.6 Å². The minimum atomic E-state index is -0.805. The first-order valence-electron chi connectivity index (χ1n) is 10.2. The number of hydrogen-bond donors (Lipinski definition) is 1. The Kier molecular flexibility index (Phi) is 5.25. The largest absolute Gasteiger partial charge is 0.489 e. The van der Waals surface area contributed by atoms with Gasteiger partial charge in [-0.3, -0.25) is 0 Å². The van der Waals surface area contributed by atoms with Crippen LogP contribution in [0.4, 0.5) is 0 Å². The van der Waals surface area contributed by atoms with Crippen molar-refractivity contribution >= 4 is 22.6 Å². The average molecular weight is 457 g/mol. The summed E-state index contributed by atoms with van der Waals surface area (Å²) in [6.07, 6.45) is 0. The number of rotatable bonds is 4. The zero-order valence-corrected chi connectivity index (χ0v) is 18.0. The highest BCUT2D eigenvalue weighted by atomic mass is 35.5. The highest BCUT2D eigenvalue weighted by Crippen LogP contribution is 2.45. The maximum atomic E-state index is 13.1. The molecule has 1 atom stereocenters. The van der Waals surface area contributed by atoms with Gasteiger partial charge in [-0.2, -0.15) is 5.26 Å². The number of halogens is 1. The first-order chi connectivity index (χ1) is 16.1. The van der Waals surface area contributed by atoms with Gasteiger partial charge in [-0.25, -0.2) is 4.79 Å². The average Bonchev–Trinajstić information content (AvgIpc) is 2.83. The van der Waals surface area contributed by atoms with Gasteiger partial charge in [-0.15, -0.1) is 0 Å². The van der Waals surface area contributed by atoms with E-state index < -0.39 is 11.5 Å². The van der Waals surface area contributed by atoms with E-state index in [1.807, 2.05) is 30.3 Å². The van der Waals surface area contributed by atoms with Gasteiger partial charge >= 0.3 is 5.63 Å². The monoisotopic (exact) mass is 456 g/mol. The third-order valence-corrected chi connectivity index (χ3v) is 5.76. The van der Waals surface area contributed by atoms with E-state index in [-0.39, 0.29) is 29.4 Å². The van der Waals surface area contributed by atoms with Gasteiger partial charge in [0.2, 0.25) is 5.88 Å². The first kappa shape index (κ1) is 20.7. The van der Waals surface area contributed by atoms with Crippen molar-refractivity contribution in [2.45, 2.75) is 12.5 Å². The summed E-state index contributed by atoms with van der Waals surface area (Å²) < 4.78 is 17.4. The van der Waals surface area contributed by atoms with Crippen molar-refractivity contribution in [1.29, 1.82) is 5.26 Å². The lowest BCUT2D eigenvalue weighted by molar-refractivity contribution is 0.301. The van der Waals surface area contributed by atoms with E-state index in [9.17, 15) is 10.1 Å². The molecule has 5 rings (SSSR count). The Morgan fingerprint density at radius 1 is 1.03 bits per heavy atom. The Hall–Kier alpha value is -4.21. The lowest BCUT2D eigenvalue weighted by Crippen LogP contribution is -2.26. The van der Waals surface area contributed by atoms with Gasteiger partial charge in [0.15, 0.2) is 5.75 Å². The lowest BCUT2D eigenvalue weighted by Gasteiger charge is -2.27. The first-order valence-corrected chi connectivity index (χ1v) is 10.5. The smallest absolute Gasteiger partial charge is 0.344 e. The molecule has 2 heterocycles. The van der Waals surface area contributed by atoms with Crippen molar-refractivity contribution in [1.82, 2.24) is 0 Å². The summed E-state index contributed by atoms with van der Waals surface area (Å²) in [7, 11) is 0. The number of nitriles is 1. The Morgan fingerprint density at radius 2 is 1.76 bits per heavy atom. The van der Waals surface area contributed by atoms with Crippen molar-refractivity contribution in [3.8, 4) is 17.6 Å². The molecular weight excluding hydrogens is 440 g/mol. The quantitative estimate of drug-likeness (QED) is 0.421. The minimum absolute atomic E-state index is 0.0572. The van der Waals surface area contributed by atoms with Crippen LogP contribution >= 0.6 is 11.6 Å². The second kappa shape index (κ2) is 8.38. The van der Waals surface area contributed by atoms with Crippen LogP contribution in [0.5, 0.6) is 11.5 Å². The fourth-order valence-corrected chi connectivity index (χ4v) is 4.10. The number of benzene rings is 3. The van der Waals surface area contributed by atoms with E-state index in [1.54, 1.807) is 42.5 Å². The number of nitrogens with two attached hydrogens (primary N) is 1. The predicted molar refractivity (Wildman–Crippen MR) is 124 cm³/mol. The summed E-state index contributed by atoms with van der Waals surface area (Å²) in [5.41, 5.74) is 7.79. The van der Waals surface area contributed by atoms with E-state index in [0.29, 0.717) is 27.3 Å². The van der Waals surface area contributed by atoms with Gasteiger partial charge in [0, 0.05) is 10.6 Å². The number of fused-ring (bicyclic) bond motifs is 3. The van der Waals surface area contributed by atoms with Gasteiger partial charge in [0.25, 0.3) is 0 Å². The normalized spacial score (nSPS) is 15.0. The summed E-state index contributed by atoms with van der Waals surface area (Å²) in [4.78, 5) is 13.1. The summed E-state index contributed by atoms with van der Waals surface area (Å²) in [5.74, 6) is -0.0615. The molecule has 0 amide bonds. The predicted octanol–water partition coefficient (Wildman–Crippen LogP) is 5.24. The molecule has 1 aromatic heterocycles. The zero-order valence-electron chi connectivity index (χ0n) is 17.2. The standard InChI is InChI=1S/C26H17ClN2O4/c27-16-11-9-15(10-12-16)14-31-20-7-3-1-5-17(20)22-19(13-28)25(29)33-24-18-6-2-4-8-21(18)32-26(30)23(22)24/h1-12,22H,14,29H2. The summed E-state index contributed by atoms with van der Waals surface area (Å²) in [5, 5.41) is 11.1. The van der Waals surface area contributed by atoms with E-state index in [4.69, 9.17) is 31.2 Å². The Bertz CT molecular complexity index is 1500. The molecule has 0 bridgehead atoms. The molecule has 7 heteroatoms. The maximum Gasteiger partial charge on any atom is 0.344 e. The van der Waals surface area contributed by atoms with E-state index >= 15 is 0 Å². The van der Waals surface area contributed by atoms with Crippen LogP contribution in [0.2, 0.25) is 5.02 Å². The fourth-order valence-electron chi connectivity index (χ4n) is 3.97. The molecule has 4 aromatic rings. The molecular formula is C26H17ClN2O4. The second-order valence-electron chi connectivity index (χ2n) is 7.51. The van der Waals surface area contributed by atoms with Crippen LogP contribution in [0, 0.1) is 11.3 Å². The topological polar surface area (TPSA) is 98.5 Å². The molecule has 0 spiro atoms. The second-order valence-corrected chi connectivity index (χ2v) is 7.94. The van der Waals surface area contributed by atoms with Crippen molar-refractivity contribution in [2.75, 3.05) is 0 Å². The molecule has 162 valence electrons. The molecule has 0 radical (unpaired) electrons. The minimum Gasteiger partial charge on any atom is -0.489 e. The summed E-state index contributed by atoms with van der Waals surface area (Å²) >= 11 is 5.97. The molecule has 33 heavy (non-hydrogen) atoms. The van der Waals surface area contributed by atoms with Crippen LogP contribution in [-0.2, 0) is 6.61 Å². The highest BCUT2D eigenvalue weighted by molar-refractivity contribution is 6.30. The van der Waals surface area contributed by atoms with Crippen molar-refractivity contribution < 1.29 is 13.9 Å². The van der Waals surface area contributed by atoms with E-state index in [0.717, 1.165) is 5.56 Å². The lowest BCUT2D eigenvalue weighted by atomic mass is 9.83. The highest BCUT2D eigenvalue weighted by Gasteiger charge is 2.36. The third kappa shape index (κ3) is 3.69. The van der Waals surface area contributed by atoms with Crippen LogP contribution < -0.4 is 20.8 Å². The maximum absolute atomic E-state index is 13.1. The number of hydrogen-bond acceptors (Lipinski definition) is 6. The Labute approximate surface area is 194 Å². The summed E-state index contributed by atoms with van der Waals surface area (Å²) in [6.45, 7) is 0.275. The van der Waals surface area contributed by atoms with Crippen molar-refractivity contribution in [2.24, 2.45) is 5.73 Å². The number of ether oxygens (including phenoxy) is 2. The van der Waals surface area contributed by atoms with E-state index in [2.05, 4.69) is 6.07 Å². The molecule has 1 aliphatic rings. The Morgan fingerprint density at radius 3 is 2.55 bits per heavy atom. The van der Waals surface area contributed by atoms with Gasteiger partial charge in [-0.05, 0) is 35.9 Å². The molecule has 1 aliphatic heterocycles. The number of para-hydroxylation sites is 2. The summed E-state index contributed by atoms with van der Waals surface area (Å²) in [6, 6.07) is 23.7. The molecule has 6 nitrogen and oxygen atoms in total. The fraction of sp³-hybridized carbons (Fsp3) is 0.0769. The number of allylic oxidation sites excluding steroid dienone is 1. The molecule has 0 saturated carbocycles. The molecule has 3 aromatic carbocycles. The Balaban J connectivity index is 1.65. The van der Waals surface area contributed by atoms with Gasteiger partial charge in [-0.1, -0.05) is 54.1 Å². The van der Waals surface area contributed by atoms with Crippen LogP contribution in [0.3, 0.4) is 0 Å². The molecule has 1 unspecified atom stereocenters. The number of nitrogens with zero attached hydrogens (tertiary/aromatic N) is 1. The van der Waals surface area contributed by atoms with Gasteiger partial charge in [0.1, 0.15) is 29.6 Å². The molecule has 0 aliphatic carbocycles. The van der Waals surface area contributed by atoms with E-state index in [1.165, 1.54) is 0 Å². The zero-order chi connectivity index (χ0) is 22.9. The van der Waals surface area contributed by atoms with Crippen molar-refractivity contribution in [3.63, 3.8) is 0 Å². The van der Waals surface area contributed by atoms with Gasteiger partial charge < -0.3 is 19.6 Å². The van der Waals surface area contributed by atoms with Crippen LogP contribution in [0.15, 0.2) is 93.5 Å². The molecule has 0 fully saturated rings. The molecule has 2 N–H and O–H groups in total.